The molecule has 154 valence electrons. The number of nitrogens with one attached hydrogen (secondary N) is 2. The van der Waals surface area contributed by atoms with E-state index in [4.69, 9.17) is 9.47 Å². The van der Waals surface area contributed by atoms with Gasteiger partial charge in [-0.15, -0.1) is 0 Å². The van der Waals surface area contributed by atoms with Crippen molar-refractivity contribution in [1.29, 1.82) is 0 Å². The second-order valence-corrected chi connectivity index (χ2v) is 8.14. The number of rotatable bonds is 7. The van der Waals surface area contributed by atoms with Crippen LogP contribution in [0.1, 0.15) is 36.0 Å². The van der Waals surface area contributed by atoms with Gasteiger partial charge in [-0.05, 0) is 37.0 Å². The van der Waals surface area contributed by atoms with Crippen molar-refractivity contribution in [3.63, 3.8) is 0 Å². The fraction of sp³-hybridized carbons (Fsp3) is 0.458. The normalized spacial score (nSPS) is 20.3. The maximum atomic E-state index is 6.21. The zero-order valence-electron chi connectivity index (χ0n) is 17.4. The molecule has 0 aromatic heterocycles. The number of nitrogens with zero attached hydrogens (tertiary/aromatic N) is 1. The predicted molar refractivity (Wildman–Crippen MR) is 117 cm³/mol. The van der Waals surface area contributed by atoms with Crippen LogP contribution in [0.4, 0.5) is 0 Å². The van der Waals surface area contributed by atoms with Crippen LogP contribution in [-0.4, -0.2) is 38.9 Å². The molecule has 0 bridgehead atoms. The minimum Gasteiger partial charge on any atom is -0.488 e. The van der Waals surface area contributed by atoms with Crippen molar-refractivity contribution in [2.24, 2.45) is 4.99 Å². The van der Waals surface area contributed by atoms with E-state index in [2.05, 4.69) is 71.1 Å². The molecule has 1 aliphatic heterocycles. The highest BCUT2D eigenvalue weighted by atomic mass is 16.5. The lowest BCUT2D eigenvalue weighted by atomic mass is 9.96. The van der Waals surface area contributed by atoms with Crippen LogP contribution in [-0.2, 0) is 16.7 Å². The molecule has 0 radical (unpaired) electrons. The Hall–Kier alpha value is -2.53. The first-order chi connectivity index (χ1) is 14.2. The van der Waals surface area contributed by atoms with Gasteiger partial charge in [-0.25, -0.2) is 0 Å². The van der Waals surface area contributed by atoms with Gasteiger partial charge in [0.05, 0.1) is 13.2 Å². The van der Waals surface area contributed by atoms with Gasteiger partial charge in [0.2, 0.25) is 0 Å². The maximum Gasteiger partial charge on any atom is 0.191 e. The molecule has 2 aromatic rings. The Morgan fingerprint density at radius 1 is 1.17 bits per heavy atom. The largest absolute Gasteiger partial charge is 0.488 e. The molecule has 1 atom stereocenters. The second kappa shape index (κ2) is 8.87. The molecule has 29 heavy (non-hydrogen) atoms. The lowest BCUT2D eigenvalue weighted by Crippen LogP contribution is -2.41. The van der Waals surface area contributed by atoms with E-state index in [0.717, 1.165) is 36.8 Å². The molecule has 1 saturated carbocycles. The summed E-state index contributed by atoms with van der Waals surface area (Å²) >= 11 is 0. The molecule has 2 aliphatic rings. The van der Waals surface area contributed by atoms with Crippen LogP contribution in [0.3, 0.4) is 0 Å². The molecular weight excluding hydrogens is 362 g/mol. The number of benzene rings is 2. The minimum absolute atomic E-state index is 0.147. The zero-order valence-corrected chi connectivity index (χ0v) is 17.4. The molecule has 0 spiro atoms. The van der Waals surface area contributed by atoms with Crippen LogP contribution < -0.4 is 15.4 Å². The molecule has 4 rings (SSSR count). The van der Waals surface area contributed by atoms with Gasteiger partial charge in [-0.3, -0.25) is 4.99 Å². The van der Waals surface area contributed by atoms with Gasteiger partial charge in [-0.1, -0.05) is 42.5 Å². The Morgan fingerprint density at radius 2 is 2.00 bits per heavy atom. The lowest BCUT2D eigenvalue weighted by molar-refractivity contribution is 0.140. The number of hydrogen-bond donors (Lipinski definition) is 2. The summed E-state index contributed by atoms with van der Waals surface area (Å²) in [5.41, 5.74) is 3.99. The monoisotopic (exact) mass is 393 g/mol. The number of guanidine groups is 1. The van der Waals surface area contributed by atoms with E-state index in [0.29, 0.717) is 13.2 Å². The van der Waals surface area contributed by atoms with Crippen molar-refractivity contribution in [1.82, 2.24) is 10.6 Å². The van der Waals surface area contributed by atoms with Gasteiger partial charge in [0.15, 0.2) is 5.96 Å². The summed E-state index contributed by atoms with van der Waals surface area (Å²) in [5.74, 6) is 1.76. The van der Waals surface area contributed by atoms with Crippen LogP contribution in [0, 0.1) is 6.92 Å². The first kappa shape index (κ1) is 19.8. The highest BCUT2D eigenvalue weighted by molar-refractivity contribution is 5.80. The SMILES string of the molecule is CN=C(NCc1ccc(C)cc1OC1CCOC1)NCC1(c2ccccc2)CC1. The van der Waals surface area contributed by atoms with Crippen LogP contribution >= 0.6 is 0 Å². The Morgan fingerprint density at radius 3 is 2.69 bits per heavy atom. The molecule has 2 fully saturated rings. The second-order valence-electron chi connectivity index (χ2n) is 8.14. The Kier molecular flexibility index (Phi) is 6.05. The molecule has 2 aromatic carbocycles. The standard InChI is InChI=1S/C24H31N3O2/c1-18-8-9-19(22(14-18)29-21-10-13-28-16-21)15-26-23(25-2)27-17-24(11-12-24)20-6-4-3-5-7-20/h3-9,14,21H,10-13,15-17H2,1-2H3,(H2,25,26,27). The summed E-state index contributed by atoms with van der Waals surface area (Å²) in [6.45, 7) is 5.11. The first-order valence-corrected chi connectivity index (χ1v) is 10.5. The van der Waals surface area contributed by atoms with Crippen molar-refractivity contribution in [3.05, 3.63) is 65.2 Å². The van der Waals surface area contributed by atoms with Crippen LogP contribution in [0.2, 0.25) is 0 Å². The van der Waals surface area contributed by atoms with Gasteiger partial charge in [0, 0.05) is 37.5 Å². The molecule has 0 amide bonds. The summed E-state index contributed by atoms with van der Waals surface area (Å²) < 4.78 is 11.7. The Bertz CT molecular complexity index is 840. The molecule has 1 heterocycles. The fourth-order valence-corrected chi connectivity index (χ4v) is 3.87. The van der Waals surface area contributed by atoms with Gasteiger partial charge >= 0.3 is 0 Å². The van der Waals surface area contributed by atoms with Gasteiger partial charge in [0.25, 0.3) is 0 Å². The smallest absolute Gasteiger partial charge is 0.191 e. The van der Waals surface area contributed by atoms with E-state index < -0.39 is 0 Å². The molecule has 1 saturated heterocycles. The average molecular weight is 394 g/mol. The summed E-state index contributed by atoms with van der Waals surface area (Å²) in [6.07, 6.45) is 3.54. The van der Waals surface area contributed by atoms with Crippen LogP contribution in [0.5, 0.6) is 5.75 Å². The van der Waals surface area contributed by atoms with Crippen molar-refractivity contribution in [2.45, 2.75) is 44.2 Å². The third-order valence-electron chi connectivity index (χ3n) is 5.91. The van der Waals surface area contributed by atoms with Gasteiger partial charge in [-0.2, -0.15) is 0 Å². The molecule has 1 unspecified atom stereocenters. The number of hydrogen-bond acceptors (Lipinski definition) is 3. The number of aryl methyl sites for hydroxylation is 1. The van der Waals surface area contributed by atoms with E-state index in [1.807, 2.05) is 7.05 Å². The summed E-state index contributed by atoms with van der Waals surface area (Å²) in [7, 11) is 1.82. The molecule has 5 nitrogen and oxygen atoms in total. The van der Waals surface area contributed by atoms with E-state index in [-0.39, 0.29) is 11.5 Å². The highest BCUT2D eigenvalue weighted by Gasteiger charge is 2.44. The van der Waals surface area contributed by atoms with Gasteiger partial charge in [0.1, 0.15) is 11.9 Å². The summed E-state index contributed by atoms with van der Waals surface area (Å²) in [6, 6.07) is 17.1. The zero-order chi connectivity index (χ0) is 20.1. The number of aliphatic imine (C=N–C) groups is 1. The van der Waals surface area contributed by atoms with E-state index >= 15 is 0 Å². The van der Waals surface area contributed by atoms with E-state index in [1.165, 1.54) is 24.0 Å². The van der Waals surface area contributed by atoms with Crippen molar-refractivity contribution in [3.8, 4) is 5.75 Å². The number of ether oxygens (including phenoxy) is 2. The third kappa shape index (κ3) is 4.91. The topological polar surface area (TPSA) is 54.9 Å². The predicted octanol–water partition coefficient (Wildman–Crippen LogP) is 3.56. The third-order valence-corrected chi connectivity index (χ3v) is 5.91. The quantitative estimate of drug-likeness (QED) is 0.558. The molecule has 1 aliphatic carbocycles. The van der Waals surface area contributed by atoms with E-state index in [9.17, 15) is 0 Å². The molecule has 5 heteroatoms. The van der Waals surface area contributed by atoms with Crippen molar-refractivity contribution >= 4 is 5.96 Å². The molecule has 2 N–H and O–H groups in total. The Labute approximate surface area is 173 Å². The van der Waals surface area contributed by atoms with Crippen molar-refractivity contribution in [2.75, 3.05) is 26.8 Å². The summed E-state index contributed by atoms with van der Waals surface area (Å²) in [5, 5.41) is 6.97. The summed E-state index contributed by atoms with van der Waals surface area (Å²) in [4.78, 5) is 4.41. The highest BCUT2D eigenvalue weighted by Crippen LogP contribution is 2.47. The van der Waals surface area contributed by atoms with Gasteiger partial charge < -0.3 is 20.1 Å². The fourth-order valence-electron chi connectivity index (χ4n) is 3.87. The lowest BCUT2D eigenvalue weighted by Gasteiger charge is -2.20. The van der Waals surface area contributed by atoms with Crippen LogP contribution in [0.15, 0.2) is 53.5 Å². The Balaban J connectivity index is 1.35. The van der Waals surface area contributed by atoms with E-state index in [1.54, 1.807) is 0 Å². The minimum atomic E-state index is 0.147. The average Bonchev–Trinajstić information content (AvgIpc) is 3.37. The van der Waals surface area contributed by atoms with Crippen LogP contribution in [0.25, 0.3) is 0 Å². The molecular formula is C24H31N3O2. The first-order valence-electron chi connectivity index (χ1n) is 10.5. The maximum absolute atomic E-state index is 6.21. The van der Waals surface area contributed by atoms with Crippen molar-refractivity contribution < 1.29 is 9.47 Å².